The number of aromatic hydroxyl groups is 1. The highest BCUT2D eigenvalue weighted by Crippen LogP contribution is 2.33. The van der Waals surface area contributed by atoms with Crippen molar-refractivity contribution in [2.24, 2.45) is 0 Å². The summed E-state index contributed by atoms with van der Waals surface area (Å²) in [6.45, 7) is 0. The number of carbonyl (C=O) groups is 1. The minimum atomic E-state index is -4.44. The molecule has 144 valence electrons. The van der Waals surface area contributed by atoms with E-state index in [-0.39, 0.29) is 11.4 Å². The monoisotopic (exact) mass is 387 g/mol. The molecule has 0 aliphatic rings. The van der Waals surface area contributed by atoms with Gasteiger partial charge in [0.05, 0.1) is 12.7 Å². The van der Waals surface area contributed by atoms with Gasteiger partial charge in [-0.2, -0.15) is 13.2 Å². The first-order valence-electron chi connectivity index (χ1n) is 8.24. The average molecular weight is 387 g/mol. The molecule has 0 radical (unpaired) electrons. The van der Waals surface area contributed by atoms with Crippen molar-refractivity contribution in [1.29, 1.82) is 0 Å². The molecule has 0 aliphatic heterocycles. The number of phenols is 1. The number of hydrogen-bond donors (Lipinski definition) is 2. The molecule has 0 spiro atoms. The van der Waals surface area contributed by atoms with Crippen LogP contribution >= 0.6 is 0 Å². The van der Waals surface area contributed by atoms with Gasteiger partial charge in [-0.15, -0.1) is 0 Å². The maximum atomic E-state index is 12.6. The van der Waals surface area contributed by atoms with Crippen LogP contribution in [0.15, 0.2) is 66.7 Å². The molecule has 0 fully saturated rings. The van der Waals surface area contributed by atoms with Gasteiger partial charge >= 0.3 is 6.18 Å². The van der Waals surface area contributed by atoms with E-state index in [2.05, 4.69) is 5.32 Å². The summed E-state index contributed by atoms with van der Waals surface area (Å²) in [7, 11) is 1.49. The Hall–Kier alpha value is -3.48. The molecule has 0 aliphatic carbocycles. The van der Waals surface area contributed by atoms with E-state index in [1.807, 2.05) is 0 Å². The number of hydrogen-bond acceptors (Lipinski definition) is 3. The Morgan fingerprint density at radius 3 is 2.32 bits per heavy atom. The van der Waals surface area contributed by atoms with Crippen LogP contribution < -0.4 is 10.1 Å². The van der Waals surface area contributed by atoms with Gasteiger partial charge in [-0.3, -0.25) is 4.79 Å². The molecule has 0 bridgehead atoms. The van der Waals surface area contributed by atoms with E-state index >= 15 is 0 Å². The molecule has 0 heterocycles. The predicted octanol–water partition coefficient (Wildman–Crippen LogP) is 5.34. The second-order valence-corrected chi connectivity index (χ2v) is 5.99. The Balaban J connectivity index is 1.87. The van der Waals surface area contributed by atoms with E-state index in [0.29, 0.717) is 22.4 Å². The predicted molar refractivity (Wildman–Crippen MR) is 99.5 cm³/mol. The van der Waals surface area contributed by atoms with E-state index in [9.17, 15) is 23.1 Å². The van der Waals surface area contributed by atoms with Crippen molar-refractivity contribution in [2.45, 2.75) is 6.18 Å². The second kappa shape index (κ2) is 7.64. The van der Waals surface area contributed by atoms with Crippen LogP contribution in [0.3, 0.4) is 0 Å². The lowest BCUT2D eigenvalue weighted by Gasteiger charge is -2.12. The van der Waals surface area contributed by atoms with Crippen LogP contribution in [-0.2, 0) is 6.18 Å². The van der Waals surface area contributed by atoms with E-state index in [4.69, 9.17) is 4.74 Å². The van der Waals surface area contributed by atoms with Gasteiger partial charge < -0.3 is 15.2 Å². The number of alkyl halides is 3. The number of methoxy groups -OCH3 is 1. The average Bonchev–Trinajstić information content (AvgIpc) is 2.67. The molecule has 28 heavy (non-hydrogen) atoms. The third-order valence-corrected chi connectivity index (χ3v) is 4.09. The first-order valence-corrected chi connectivity index (χ1v) is 8.24. The van der Waals surface area contributed by atoms with Crippen molar-refractivity contribution in [2.75, 3.05) is 12.4 Å². The van der Waals surface area contributed by atoms with Crippen molar-refractivity contribution < 1.29 is 27.8 Å². The van der Waals surface area contributed by atoms with Gasteiger partial charge in [0.25, 0.3) is 5.91 Å². The molecule has 3 aromatic rings. The number of benzene rings is 3. The first kappa shape index (κ1) is 19.3. The molecular weight excluding hydrogens is 371 g/mol. The first-order chi connectivity index (χ1) is 13.3. The summed E-state index contributed by atoms with van der Waals surface area (Å²) in [5.41, 5.74) is 0.993. The van der Waals surface area contributed by atoms with Crippen molar-refractivity contribution in [1.82, 2.24) is 0 Å². The lowest BCUT2D eigenvalue weighted by Crippen LogP contribution is -2.12. The zero-order valence-corrected chi connectivity index (χ0v) is 14.7. The summed E-state index contributed by atoms with van der Waals surface area (Å²) in [4.78, 5) is 12.5. The number of amides is 1. The number of nitrogens with one attached hydrogen (secondary N) is 1. The van der Waals surface area contributed by atoms with Crippen LogP contribution in [0.5, 0.6) is 11.5 Å². The number of rotatable bonds is 4. The lowest BCUT2D eigenvalue weighted by atomic mass is 10.0. The quantitative estimate of drug-likeness (QED) is 0.635. The summed E-state index contributed by atoms with van der Waals surface area (Å²) in [5, 5.41) is 12.3. The number of carbonyl (C=O) groups excluding carboxylic acids is 1. The summed E-state index contributed by atoms with van der Waals surface area (Å²) < 4.78 is 43.2. The fourth-order valence-corrected chi connectivity index (χ4v) is 2.69. The third kappa shape index (κ3) is 4.25. The van der Waals surface area contributed by atoms with Gasteiger partial charge in [0.2, 0.25) is 0 Å². The molecule has 2 N–H and O–H groups in total. The summed E-state index contributed by atoms with van der Waals surface area (Å²) in [6.07, 6.45) is -4.44. The number of phenolic OH excluding ortho intramolecular Hbond substituents is 1. The Morgan fingerprint density at radius 1 is 1.00 bits per heavy atom. The molecule has 3 rings (SSSR count). The molecule has 1 amide bonds. The molecule has 3 aromatic carbocycles. The van der Waals surface area contributed by atoms with Crippen molar-refractivity contribution in [3.63, 3.8) is 0 Å². The van der Waals surface area contributed by atoms with Crippen LogP contribution in [0, 0.1) is 0 Å². The topological polar surface area (TPSA) is 58.6 Å². The molecule has 0 atom stereocenters. The Bertz CT molecular complexity index is 999. The van der Waals surface area contributed by atoms with Crippen LogP contribution in [0.2, 0.25) is 0 Å². The Morgan fingerprint density at radius 2 is 1.71 bits per heavy atom. The van der Waals surface area contributed by atoms with Crippen LogP contribution in [0.25, 0.3) is 11.1 Å². The minimum Gasteiger partial charge on any atom is -0.508 e. The van der Waals surface area contributed by atoms with Crippen molar-refractivity contribution in [3.8, 4) is 22.6 Å². The van der Waals surface area contributed by atoms with Gasteiger partial charge in [-0.1, -0.05) is 12.1 Å². The smallest absolute Gasteiger partial charge is 0.416 e. The van der Waals surface area contributed by atoms with E-state index in [1.54, 1.807) is 30.3 Å². The van der Waals surface area contributed by atoms with Gasteiger partial charge in [0.1, 0.15) is 11.5 Å². The molecule has 0 unspecified atom stereocenters. The fraction of sp³-hybridized carbons (Fsp3) is 0.0952. The lowest BCUT2D eigenvalue weighted by molar-refractivity contribution is -0.137. The van der Waals surface area contributed by atoms with Crippen molar-refractivity contribution >= 4 is 11.6 Å². The van der Waals surface area contributed by atoms with Crippen molar-refractivity contribution in [3.05, 3.63) is 77.9 Å². The Labute approximate surface area is 159 Å². The van der Waals surface area contributed by atoms with E-state index in [1.165, 1.54) is 31.4 Å². The maximum Gasteiger partial charge on any atom is 0.416 e. The van der Waals surface area contributed by atoms with Crippen LogP contribution in [0.4, 0.5) is 18.9 Å². The standard InChI is InChI=1S/C21H16F3NO3/c1-28-19-10-5-14(12-18(19)13-3-2-4-17(26)11-13)20(27)25-16-8-6-15(7-9-16)21(22,23)24/h2-12,26H,1H3,(H,25,27). The zero-order chi connectivity index (χ0) is 20.3. The highest BCUT2D eigenvalue weighted by Gasteiger charge is 2.30. The largest absolute Gasteiger partial charge is 0.508 e. The zero-order valence-electron chi connectivity index (χ0n) is 14.7. The number of anilines is 1. The molecule has 0 saturated heterocycles. The van der Waals surface area contributed by atoms with Gasteiger partial charge in [0, 0.05) is 16.8 Å². The summed E-state index contributed by atoms with van der Waals surface area (Å²) in [6, 6.07) is 15.4. The van der Waals surface area contributed by atoms with Gasteiger partial charge in [0.15, 0.2) is 0 Å². The fourth-order valence-electron chi connectivity index (χ4n) is 2.69. The second-order valence-electron chi connectivity index (χ2n) is 5.99. The van der Waals surface area contributed by atoms with Gasteiger partial charge in [-0.05, 0) is 60.2 Å². The molecule has 0 saturated carbocycles. The van der Waals surface area contributed by atoms with E-state index in [0.717, 1.165) is 12.1 Å². The summed E-state index contributed by atoms with van der Waals surface area (Å²) in [5.74, 6) is 0.0969. The highest BCUT2D eigenvalue weighted by atomic mass is 19.4. The van der Waals surface area contributed by atoms with Gasteiger partial charge in [-0.25, -0.2) is 0 Å². The molecule has 7 heteroatoms. The normalized spacial score (nSPS) is 11.1. The SMILES string of the molecule is COc1ccc(C(=O)Nc2ccc(C(F)(F)F)cc2)cc1-c1cccc(O)c1. The Kier molecular flexibility index (Phi) is 5.26. The van der Waals surface area contributed by atoms with Crippen LogP contribution in [-0.4, -0.2) is 18.1 Å². The molecular formula is C21H16F3NO3. The number of ether oxygens (including phenoxy) is 1. The maximum absolute atomic E-state index is 12.6. The van der Waals surface area contributed by atoms with Crippen LogP contribution in [0.1, 0.15) is 15.9 Å². The number of halogens is 3. The third-order valence-electron chi connectivity index (χ3n) is 4.09. The van der Waals surface area contributed by atoms with E-state index < -0.39 is 17.6 Å². The minimum absolute atomic E-state index is 0.0687. The molecule has 0 aromatic heterocycles. The highest BCUT2D eigenvalue weighted by molar-refractivity contribution is 6.05. The summed E-state index contributed by atoms with van der Waals surface area (Å²) >= 11 is 0. The molecule has 4 nitrogen and oxygen atoms in total.